The van der Waals surface area contributed by atoms with Gasteiger partial charge in [0.2, 0.25) is 0 Å². The van der Waals surface area contributed by atoms with Gasteiger partial charge in [0, 0.05) is 0 Å². The van der Waals surface area contributed by atoms with Gasteiger partial charge in [-0.2, -0.15) is 0 Å². The molecule has 0 saturated heterocycles. The Hall–Kier alpha value is -0.380. The normalized spacial score (nSPS) is 13.0. The van der Waals surface area contributed by atoms with Crippen LogP contribution in [-0.4, -0.2) is 23.9 Å². The van der Waals surface area contributed by atoms with E-state index in [0.29, 0.717) is 19.6 Å². The molecule has 0 radical (unpaired) electrons. The zero-order chi connectivity index (χ0) is 13.1. The second-order valence-electron chi connectivity index (χ2n) is 3.74. The lowest BCUT2D eigenvalue weighted by Gasteiger charge is -2.18. The third-order valence-electron chi connectivity index (χ3n) is 2.27. The van der Waals surface area contributed by atoms with Crippen LogP contribution >= 0.6 is 7.60 Å². The number of unbranched alkanes of at least 4 members (excludes halogenated alkanes) is 2. The number of hydrogen-bond acceptors (Lipinski definition) is 5. The Labute approximate surface area is 104 Å². The molecule has 0 heterocycles. The van der Waals surface area contributed by atoms with Crippen LogP contribution in [0.5, 0.6) is 0 Å². The van der Waals surface area contributed by atoms with Crippen LogP contribution < -0.4 is 0 Å². The molecule has 6 heteroatoms. The molecule has 0 unspecified atom stereocenters. The summed E-state index contributed by atoms with van der Waals surface area (Å²) in [6.45, 7) is 6.52. The van der Waals surface area contributed by atoms with Crippen molar-refractivity contribution < 1.29 is 18.8 Å². The molecule has 0 rings (SSSR count). The van der Waals surface area contributed by atoms with Crippen LogP contribution in [-0.2, 0) is 13.6 Å². The highest BCUT2D eigenvalue weighted by Crippen LogP contribution is 2.51. The summed E-state index contributed by atoms with van der Waals surface area (Å²) >= 11 is 0. The first-order chi connectivity index (χ1) is 8.14. The van der Waals surface area contributed by atoms with Crippen molar-refractivity contribution in [3.63, 3.8) is 0 Å². The molecule has 0 amide bonds. The molecule has 0 aliphatic carbocycles. The van der Waals surface area contributed by atoms with E-state index in [9.17, 15) is 4.57 Å². The topological polar surface area (TPSA) is 68.1 Å². The quantitative estimate of drug-likeness (QED) is 0.213. The minimum absolute atomic E-state index is 0.102. The standard InChI is InChI=1S/C11H24NO4P/c1-4-7-9-15-17(14,11(6-3)12-13)16-10-8-5-2/h13H,4-10H2,1-3H3/b12-11-. The number of nitrogens with zero attached hydrogens (tertiary/aromatic N) is 1. The summed E-state index contributed by atoms with van der Waals surface area (Å²) < 4.78 is 23.0. The molecule has 0 aromatic rings. The van der Waals surface area contributed by atoms with Gasteiger partial charge in [-0.1, -0.05) is 38.8 Å². The summed E-state index contributed by atoms with van der Waals surface area (Å²) in [6, 6.07) is 0. The molecule has 5 nitrogen and oxygen atoms in total. The van der Waals surface area contributed by atoms with Gasteiger partial charge in [0.25, 0.3) is 0 Å². The predicted molar refractivity (Wildman–Crippen MR) is 68.8 cm³/mol. The van der Waals surface area contributed by atoms with Gasteiger partial charge in [0.05, 0.1) is 13.2 Å². The average Bonchev–Trinajstić information content (AvgIpc) is 2.31. The van der Waals surface area contributed by atoms with Gasteiger partial charge in [-0.05, 0) is 19.3 Å². The SMILES string of the molecule is CCCCOP(=O)(OCCCC)/C(CC)=N\O. The van der Waals surface area contributed by atoms with Crippen LogP contribution in [0.25, 0.3) is 0 Å². The van der Waals surface area contributed by atoms with Crippen molar-refractivity contribution in [3.8, 4) is 0 Å². The summed E-state index contributed by atoms with van der Waals surface area (Å²) in [5.74, 6) is 0. The molecule has 1 N–H and O–H groups in total. The molecular weight excluding hydrogens is 241 g/mol. The molecule has 0 bridgehead atoms. The summed E-state index contributed by atoms with van der Waals surface area (Å²) in [5.41, 5.74) is 0.102. The zero-order valence-corrected chi connectivity index (χ0v) is 11.9. The van der Waals surface area contributed by atoms with Crippen molar-refractivity contribution in [2.45, 2.75) is 52.9 Å². The van der Waals surface area contributed by atoms with Crippen LogP contribution in [0.3, 0.4) is 0 Å². The Balaban J connectivity index is 4.51. The van der Waals surface area contributed by atoms with E-state index in [1.165, 1.54) is 0 Å². The Morgan fingerprint density at radius 3 is 1.88 bits per heavy atom. The van der Waals surface area contributed by atoms with Crippen molar-refractivity contribution in [3.05, 3.63) is 0 Å². The fourth-order valence-corrected chi connectivity index (χ4v) is 2.77. The molecule has 0 fully saturated rings. The van der Waals surface area contributed by atoms with Gasteiger partial charge in [-0.25, -0.2) is 0 Å². The smallest absolute Gasteiger partial charge is 0.378 e. The van der Waals surface area contributed by atoms with E-state index in [0.717, 1.165) is 25.7 Å². The van der Waals surface area contributed by atoms with E-state index < -0.39 is 7.60 Å². The van der Waals surface area contributed by atoms with Crippen LogP contribution in [0.4, 0.5) is 0 Å². The fourth-order valence-electron chi connectivity index (χ4n) is 1.16. The average molecular weight is 265 g/mol. The van der Waals surface area contributed by atoms with Gasteiger partial charge in [0.15, 0.2) is 5.45 Å². The van der Waals surface area contributed by atoms with Crippen LogP contribution in [0.15, 0.2) is 5.16 Å². The van der Waals surface area contributed by atoms with E-state index in [-0.39, 0.29) is 5.45 Å². The monoisotopic (exact) mass is 265 g/mol. The number of rotatable bonds is 10. The molecule has 0 aliphatic rings. The summed E-state index contributed by atoms with van der Waals surface area (Å²) in [5, 5.41) is 11.9. The van der Waals surface area contributed by atoms with Crippen molar-refractivity contribution in [2.24, 2.45) is 5.16 Å². The van der Waals surface area contributed by atoms with Crippen LogP contribution in [0.2, 0.25) is 0 Å². The maximum atomic E-state index is 12.4. The Bertz CT molecular complexity index is 254. The maximum Gasteiger partial charge on any atom is 0.378 e. The predicted octanol–water partition coefficient (Wildman–Crippen LogP) is 4.01. The van der Waals surface area contributed by atoms with Gasteiger partial charge in [-0.15, -0.1) is 0 Å². The molecule has 102 valence electrons. The summed E-state index contributed by atoms with van der Waals surface area (Å²) in [7, 11) is -3.39. The lowest BCUT2D eigenvalue weighted by molar-refractivity contribution is 0.209. The molecule has 17 heavy (non-hydrogen) atoms. The van der Waals surface area contributed by atoms with Crippen molar-refractivity contribution in [2.75, 3.05) is 13.2 Å². The molecule has 0 aromatic carbocycles. The van der Waals surface area contributed by atoms with E-state index in [1.807, 2.05) is 13.8 Å². The lowest BCUT2D eigenvalue weighted by atomic mass is 10.4. The van der Waals surface area contributed by atoms with Gasteiger partial charge >= 0.3 is 7.60 Å². The van der Waals surface area contributed by atoms with Crippen molar-refractivity contribution >= 4 is 13.0 Å². The first-order valence-corrected chi connectivity index (χ1v) is 7.79. The first kappa shape index (κ1) is 16.6. The van der Waals surface area contributed by atoms with Crippen LogP contribution in [0, 0.1) is 0 Å². The molecular formula is C11H24NO4P. The first-order valence-electron chi connectivity index (χ1n) is 6.25. The minimum Gasteiger partial charge on any atom is -0.410 e. The van der Waals surface area contributed by atoms with E-state index >= 15 is 0 Å². The van der Waals surface area contributed by atoms with E-state index in [4.69, 9.17) is 14.3 Å². The molecule has 0 atom stereocenters. The molecule has 0 saturated carbocycles. The summed E-state index contributed by atoms with van der Waals surface area (Å²) in [4.78, 5) is 0. The Morgan fingerprint density at radius 1 is 1.12 bits per heavy atom. The highest BCUT2D eigenvalue weighted by molar-refractivity contribution is 7.72. The molecule has 0 aliphatic heterocycles. The zero-order valence-electron chi connectivity index (χ0n) is 11.0. The number of oxime groups is 1. The minimum atomic E-state index is -3.39. The maximum absolute atomic E-state index is 12.4. The Kier molecular flexibility index (Phi) is 9.41. The van der Waals surface area contributed by atoms with Crippen molar-refractivity contribution in [1.29, 1.82) is 0 Å². The van der Waals surface area contributed by atoms with E-state index in [2.05, 4.69) is 5.16 Å². The van der Waals surface area contributed by atoms with Gasteiger partial charge in [-0.3, -0.25) is 4.57 Å². The molecule has 0 spiro atoms. The highest BCUT2D eigenvalue weighted by atomic mass is 31.2. The number of hydrogen-bond donors (Lipinski definition) is 1. The third kappa shape index (κ3) is 6.20. The third-order valence-corrected chi connectivity index (χ3v) is 4.35. The fraction of sp³-hybridized carbons (Fsp3) is 0.909. The lowest BCUT2D eigenvalue weighted by Crippen LogP contribution is -2.08. The second kappa shape index (κ2) is 9.63. The van der Waals surface area contributed by atoms with Gasteiger partial charge < -0.3 is 14.3 Å². The summed E-state index contributed by atoms with van der Waals surface area (Å²) in [6.07, 6.45) is 3.87. The van der Waals surface area contributed by atoms with Crippen molar-refractivity contribution in [1.82, 2.24) is 0 Å². The molecule has 0 aromatic heterocycles. The van der Waals surface area contributed by atoms with E-state index in [1.54, 1.807) is 6.92 Å². The van der Waals surface area contributed by atoms with Crippen LogP contribution in [0.1, 0.15) is 52.9 Å². The second-order valence-corrected chi connectivity index (χ2v) is 5.77. The highest BCUT2D eigenvalue weighted by Gasteiger charge is 2.31. The van der Waals surface area contributed by atoms with Gasteiger partial charge in [0.1, 0.15) is 0 Å². The Morgan fingerprint density at radius 2 is 1.59 bits per heavy atom. The largest absolute Gasteiger partial charge is 0.410 e.